The maximum atomic E-state index is 12.0. The van der Waals surface area contributed by atoms with Crippen molar-refractivity contribution in [1.82, 2.24) is 20.1 Å². The summed E-state index contributed by atoms with van der Waals surface area (Å²) in [6.45, 7) is 10.0. The molecule has 2 aromatic rings. The van der Waals surface area contributed by atoms with E-state index in [1.165, 1.54) is 5.56 Å². The molecule has 1 fully saturated rings. The van der Waals surface area contributed by atoms with Gasteiger partial charge in [0.05, 0.1) is 6.20 Å². The molecule has 1 amide bonds. The molecule has 1 atom stereocenters. The van der Waals surface area contributed by atoms with Crippen molar-refractivity contribution < 1.29 is 4.79 Å². The minimum absolute atomic E-state index is 0.124. The Morgan fingerprint density at radius 1 is 1.25 bits per heavy atom. The van der Waals surface area contributed by atoms with Crippen LogP contribution < -0.4 is 10.6 Å². The topological polar surface area (TPSA) is 83.0 Å². The molecule has 0 saturated carbocycles. The standard InChI is InChI=1S/C21H30N6O/c1-5-19(28)27-12-6-7-17(14-27)24-20-25-18(13-22-26-20)23-16-10-8-15(9-11-16)21(2,3)4/h8-11,13,17H,5-7,12,14H2,1-4H3,(H2,23,24,25,26). The van der Waals surface area contributed by atoms with E-state index in [9.17, 15) is 4.79 Å². The fraction of sp³-hybridized carbons (Fsp3) is 0.524. The predicted octanol–water partition coefficient (Wildman–Crippen LogP) is 3.73. The Bertz CT molecular complexity index is 799. The van der Waals surface area contributed by atoms with Gasteiger partial charge >= 0.3 is 0 Å². The first kappa shape index (κ1) is 20.0. The van der Waals surface area contributed by atoms with Gasteiger partial charge in [0.1, 0.15) is 0 Å². The van der Waals surface area contributed by atoms with Crippen LogP contribution in [-0.2, 0) is 10.2 Å². The number of likely N-dealkylation sites (tertiary alicyclic amines) is 1. The van der Waals surface area contributed by atoms with Crippen LogP contribution in [-0.4, -0.2) is 45.1 Å². The zero-order chi connectivity index (χ0) is 20.1. The van der Waals surface area contributed by atoms with Gasteiger partial charge in [0.2, 0.25) is 11.9 Å². The van der Waals surface area contributed by atoms with E-state index in [0.29, 0.717) is 24.7 Å². The van der Waals surface area contributed by atoms with Gasteiger partial charge in [0, 0.05) is 31.2 Å². The van der Waals surface area contributed by atoms with E-state index in [1.54, 1.807) is 6.20 Å². The van der Waals surface area contributed by atoms with Gasteiger partial charge < -0.3 is 15.5 Å². The highest BCUT2D eigenvalue weighted by Crippen LogP contribution is 2.24. The van der Waals surface area contributed by atoms with Gasteiger partial charge in [-0.2, -0.15) is 10.1 Å². The fourth-order valence-electron chi connectivity index (χ4n) is 3.35. The summed E-state index contributed by atoms with van der Waals surface area (Å²) in [5, 5.41) is 14.8. The first-order chi connectivity index (χ1) is 13.3. The molecule has 1 aromatic heterocycles. The van der Waals surface area contributed by atoms with Crippen LogP contribution in [0.15, 0.2) is 30.5 Å². The van der Waals surface area contributed by atoms with Crippen molar-refractivity contribution in [1.29, 1.82) is 0 Å². The molecule has 7 heteroatoms. The number of carbonyl (C=O) groups excluding carboxylic acids is 1. The first-order valence-corrected chi connectivity index (χ1v) is 9.97. The second kappa shape index (κ2) is 8.54. The van der Waals surface area contributed by atoms with E-state index >= 15 is 0 Å². The number of piperidine rings is 1. The summed E-state index contributed by atoms with van der Waals surface area (Å²) in [6.07, 6.45) is 4.12. The van der Waals surface area contributed by atoms with E-state index < -0.39 is 0 Å². The lowest BCUT2D eigenvalue weighted by atomic mass is 9.87. The van der Waals surface area contributed by atoms with Crippen LogP contribution in [0.3, 0.4) is 0 Å². The number of aromatic nitrogens is 3. The van der Waals surface area contributed by atoms with Gasteiger partial charge in [-0.25, -0.2) is 0 Å². The van der Waals surface area contributed by atoms with Gasteiger partial charge in [-0.3, -0.25) is 4.79 Å². The van der Waals surface area contributed by atoms with Crippen LogP contribution in [0.5, 0.6) is 0 Å². The molecule has 2 N–H and O–H groups in total. The third kappa shape index (κ3) is 5.18. The number of rotatable bonds is 5. The lowest BCUT2D eigenvalue weighted by Crippen LogP contribution is -2.45. The van der Waals surface area contributed by atoms with Gasteiger partial charge in [-0.15, -0.1) is 5.10 Å². The molecule has 150 valence electrons. The van der Waals surface area contributed by atoms with Crippen LogP contribution in [0, 0.1) is 0 Å². The van der Waals surface area contributed by atoms with E-state index in [0.717, 1.165) is 25.1 Å². The SMILES string of the molecule is CCC(=O)N1CCCC(Nc2nncc(Nc3ccc(C(C)(C)C)cc3)n2)C1. The normalized spacial score (nSPS) is 17.3. The summed E-state index contributed by atoms with van der Waals surface area (Å²) >= 11 is 0. The van der Waals surface area contributed by atoms with Crippen molar-refractivity contribution in [3.63, 3.8) is 0 Å². The molecule has 28 heavy (non-hydrogen) atoms. The number of carbonyl (C=O) groups is 1. The number of hydrogen-bond donors (Lipinski definition) is 2. The molecule has 1 aromatic carbocycles. The number of hydrogen-bond acceptors (Lipinski definition) is 6. The number of anilines is 3. The number of benzene rings is 1. The molecule has 3 rings (SSSR count). The van der Waals surface area contributed by atoms with Crippen LogP contribution in [0.4, 0.5) is 17.5 Å². The molecule has 1 aliphatic rings. The monoisotopic (exact) mass is 382 g/mol. The Morgan fingerprint density at radius 3 is 2.68 bits per heavy atom. The van der Waals surface area contributed by atoms with Crippen molar-refractivity contribution in [3.8, 4) is 0 Å². The minimum atomic E-state index is 0.124. The highest BCUT2D eigenvalue weighted by atomic mass is 16.2. The van der Waals surface area contributed by atoms with Crippen molar-refractivity contribution in [2.75, 3.05) is 23.7 Å². The Morgan fingerprint density at radius 2 is 2.00 bits per heavy atom. The second-order valence-corrected chi connectivity index (χ2v) is 8.29. The third-order valence-electron chi connectivity index (χ3n) is 4.99. The number of amides is 1. The molecule has 0 radical (unpaired) electrons. The Kier molecular flexibility index (Phi) is 6.11. The predicted molar refractivity (Wildman–Crippen MR) is 112 cm³/mol. The Balaban J connectivity index is 1.63. The Hall–Kier alpha value is -2.70. The smallest absolute Gasteiger partial charge is 0.244 e. The highest BCUT2D eigenvalue weighted by molar-refractivity contribution is 5.76. The Labute approximate surface area is 167 Å². The summed E-state index contributed by atoms with van der Waals surface area (Å²) in [7, 11) is 0. The quantitative estimate of drug-likeness (QED) is 0.820. The molecule has 1 saturated heterocycles. The van der Waals surface area contributed by atoms with E-state index in [4.69, 9.17) is 0 Å². The van der Waals surface area contributed by atoms with Crippen LogP contribution in [0.2, 0.25) is 0 Å². The zero-order valence-electron chi connectivity index (χ0n) is 17.2. The van der Waals surface area contributed by atoms with Crippen molar-refractivity contribution in [3.05, 3.63) is 36.0 Å². The van der Waals surface area contributed by atoms with Crippen LogP contribution in [0.1, 0.15) is 52.5 Å². The van der Waals surface area contributed by atoms with E-state index in [2.05, 4.69) is 58.7 Å². The van der Waals surface area contributed by atoms with Crippen molar-refractivity contribution in [2.24, 2.45) is 0 Å². The average Bonchev–Trinajstić information content (AvgIpc) is 2.67. The molecule has 2 heterocycles. The summed E-state index contributed by atoms with van der Waals surface area (Å²) in [4.78, 5) is 18.4. The lowest BCUT2D eigenvalue weighted by Gasteiger charge is -2.33. The third-order valence-corrected chi connectivity index (χ3v) is 4.99. The lowest BCUT2D eigenvalue weighted by molar-refractivity contribution is -0.131. The summed E-state index contributed by atoms with van der Waals surface area (Å²) < 4.78 is 0. The maximum absolute atomic E-state index is 12.0. The van der Waals surface area contributed by atoms with Gasteiger partial charge in [-0.1, -0.05) is 39.8 Å². The van der Waals surface area contributed by atoms with E-state index in [1.807, 2.05) is 24.0 Å². The largest absolute Gasteiger partial charge is 0.348 e. The summed E-state index contributed by atoms with van der Waals surface area (Å²) in [6, 6.07) is 8.48. The minimum Gasteiger partial charge on any atom is -0.348 e. The number of nitrogens with zero attached hydrogens (tertiary/aromatic N) is 4. The number of nitrogens with one attached hydrogen (secondary N) is 2. The van der Waals surface area contributed by atoms with Crippen molar-refractivity contribution >= 4 is 23.4 Å². The fourth-order valence-corrected chi connectivity index (χ4v) is 3.35. The molecular formula is C21H30N6O. The summed E-state index contributed by atoms with van der Waals surface area (Å²) in [5.74, 6) is 1.31. The van der Waals surface area contributed by atoms with Gasteiger partial charge in [0.15, 0.2) is 5.82 Å². The molecule has 0 aliphatic carbocycles. The van der Waals surface area contributed by atoms with Crippen LogP contribution >= 0.6 is 0 Å². The molecule has 1 aliphatic heterocycles. The van der Waals surface area contributed by atoms with Crippen LogP contribution in [0.25, 0.3) is 0 Å². The van der Waals surface area contributed by atoms with Crippen molar-refractivity contribution in [2.45, 2.75) is 58.4 Å². The average molecular weight is 383 g/mol. The summed E-state index contributed by atoms with van der Waals surface area (Å²) in [5.41, 5.74) is 2.36. The van der Waals surface area contributed by atoms with E-state index in [-0.39, 0.29) is 17.4 Å². The first-order valence-electron chi connectivity index (χ1n) is 9.97. The molecule has 7 nitrogen and oxygen atoms in total. The second-order valence-electron chi connectivity index (χ2n) is 8.29. The maximum Gasteiger partial charge on any atom is 0.244 e. The molecular weight excluding hydrogens is 352 g/mol. The zero-order valence-corrected chi connectivity index (χ0v) is 17.2. The molecule has 0 bridgehead atoms. The highest BCUT2D eigenvalue weighted by Gasteiger charge is 2.23. The van der Waals surface area contributed by atoms with Gasteiger partial charge in [-0.05, 0) is 36.0 Å². The molecule has 0 spiro atoms. The molecule has 1 unspecified atom stereocenters. The van der Waals surface area contributed by atoms with Gasteiger partial charge in [0.25, 0.3) is 0 Å².